The second-order valence-corrected chi connectivity index (χ2v) is 4.22. The number of benzene rings is 1. The van der Waals surface area contributed by atoms with E-state index in [1.807, 2.05) is 24.5 Å². The molecule has 0 bridgehead atoms. The molecule has 0 saturated carbocycles. The number of nitrogens with zero attached hydrogens (tertiary/aromatic N) is 1. The fourth-order valence-electron chi connectivity index (χ4n) is 1.67. The van der Waals surface area contributed by atoms with Crippen molar-refractivity contribution in [3.63, 3.8) is 0 Å². The van der Waals surface area contributed by atoms with Crippen molar-refractivity contribution in [2.24, 2.45) is 0 Å². The highest BCUT2D eigenvalue weighted by molar-refractivity contribution is 5.76. The molecule has 0 saturated heterocycles. The van der Waals surface area contributed by atoms with Crippen LogP contribution < -0.4 is 5.73 Å². The number of anilines is 1. The van der Waals surface area contributed by atoms with Crippen molar-refractivity contribution in [2.45, 2.75) is 19.9 Å². The van der Waals surface area contributed by atoms with E-state index in [1.54, 1.807) is 12.1 Å². The third kappa shape index (κ3) is 1.89. The standard InChI is InChI=1S/C13H16N2O/c1-9(2)15-7-12(13(14)8-15)10-3-5-11(16)6-4-10/h3-9,16H,14H2,1-2H3. The Bertz CT molecular complexity index is 483. The molecule has 0 aliphatic carbocycles. The number of nitrogens with two attached hydrogens (primary N) is 1. The SMILES string of the molecule is CC(C)n1cc(N)c(-c2ccc(O)cc2)c1. The molecule has 3 heteroatoms. The van der Waals surface area contributed by atoms with Gasteiger partial charge in [0, 0.05) is 24.0 Å². The average molecular weight is 216 g/mol. The number of phenolic OH excluding ortho intramolecular Hbond substituents is 1. The maximum Gasteiger partial charge on any atom is 0.115 e. The van der Waals surface area contributed by atoms with E-state index in [-0.39, 0.29) is 5.75 Å². The van der Waals surface area contributed by atoms with Crippen LogP contribution in [0.1, 0.15) is 19.9 Å². The van der Waals surface area contributed by atoms with Crippen LogP contribution in [0.4, 0.5) is 5.69 Å². The fourth-order valence-corrected chi connectivity index (χ4v) is 1.67. The second kappa shape index (κ2) is 3.93. The van der Waals surface area contributed by atoms with Gasteiger partial charge in [-0.25, -0.2) is 0 Å². The zero-order valence-corrected chi connectivity index (χ0v) is 9.51. The Kier molecular flexibility index (Phi) is 2.60. The van der Waals surface area contributed by atoms with E-state index in [9.17, 15) is 5.11 Å². The van der Waals surface area contributed by atoms with E-state index in [4.69, 9.17) is 5.73 Å². The summed E-state index contributed by atoms with van der Waals surface area (Å²) >= 11 is 0. The molecule has 0 radical (unpaired) electrons. The first kappa shape index (κ1) is 10.6. The highest BCUT2D eigenvalue weighted by Gasteiger charge is 2.07. The van der Waals surface area contributed by atoms with Gasteiger partial charge in [-0.1, -0.05) is 12.1 Å². The van der Waals surface area contributed by atoms with Crippen molar-refractivity contribution in [3.8, 4) is 16.9 Å². The molecule has 0 aliphatic heterocycles. The first-order valence-corrected chi connectivity index (χ1v) is 5.34. The van der Waals surface area contributed by atoms with Gasteiger partial charge in [-0.15, -0.1) is 0 Å². The predicted octanol–water partition coefficient (Wildman–Crippen LogP) is 3.02. The molecule has 1 aromatic heterocycles. The van der Waals surface area contributed by atoms with Crippen LogP contribution >= 0.6 is 0 Å². The molecule has 1 aromatic carbocycles. The molecule has 3 nitrogen and oxygen atoms in total. The zero-order chi connectivity index (χ0) is 11.7. The molecule has 16 heavy (non-hydrogen) atoms. The second-order valence-electron chi connectivity index (χ2n) is 4.22. The van der Waals surface area contributed by atoms with Crippen molar-refractivity contribution >= 4 is 5.69 Å². The molecule has 0 aliphatic rings. The highest BCUT2D eigenvalue weighted by atomic mass is 16.3. The van der Waals surface area contributed by atoms with Crippen LogP contribution in [0.2, 0.25) is 0 Å². The quantitative estimate of drug-likeness (QED) is 0.810. The summed E-state index contributed by atoms with van der Waals surface area (Å²) in [6.07, 6.45) is 3.97. The lowest BCUT2D eigenvalue weighted by molar-refractivity contribution is 0.475. The van der Waals surface area contributed by atoms with Gasteiger partial charge in [0.25, 0.3) is 0 Å². The van der Waals surface area contributed by atoms with Gasteiger partial charge in [-0.2, -0.15) is 0 Å². The van der Waals surface area contributed by atoms with Crippen LogP contribution in [-0.4, -0.2) is 9.67 Å². The van der Waals surface area contributed by atoms with Gasteiger partial charge >= 0.3 is 0 Å². The predicted molar refractivity (Wildman–Crippen MR) is 66.3 cm³/mol. The Morgan fingerprint density at radius 2 is 1.75 bits per heavy atom. The lowest BCUT2D eigenvalue weighted by atomic mass is 10.1. The number of hydrogen-bond donors (Lipinski definition) is 2. The molecule has 2 rings (SSSR count). The summed E-state index contributed by atoms with van der Waals surface area (Å²) in [5.74, 6) is 0.269. The number of aromatic hydroxyl groups is 1. The van der Waals surface area contributed by atoms with Gasteiger partial charge in [-0.05, 0) is 31.5 Å². The summed E-state index contributed by atoms with van der Waals surface area (Å²) in [4.78, 5) is 0. The molecular formula is C13H16N2O. The van der Waals surface area contributed by atoms with E-state index >= 15 is 0 Å². The fraction of sp³-hybridized carbons (Fsp3) is 0.231. The summed E-state index contributed by atoms with van der Waals surface area (Å²) < 4.78 is 2.08. The molecule has 0 unspecified atom stereocenters. The van der Waals surface area contributed by atoms with Crippen LogP contribution in [0.3, 0.4) is 0 Å². The normalized spacial score (nSPS) is 10.9. The van der Waals surface area contributed by atoms with Gasteiger partial charge in [0.2, 0.25) is 0 Å². The largest absolute Gasteiger partial charge is 0.508 e. The van der Waals surface area contributed by atoms with Gasteiger partial charge in [-0.3, -0.25) is 0 Å². The summed E-state index contributed by atoms with van der Waals surface area (Å²) in [6.45, 7) is 4.22. The van der Waals surface area contributed by atoms with E-state index in [1.165, 1.54) is 0 Å². The van der Waals surface area contributed by atoms with Crippen LogP contribution in [0.15, 0.2) is 36.7 Å². The Labute approximate surface area is 95.1 Å². The maximum absolute atomic E-state index is 9.23. The van der Waals surface area contributed by atoms with E-state index < -0.39 is 0 Å². The van der Waals surface area contributed by atoms with Gasteiger partial charge in [0.05, 0.1) is 5.69 Å². The molecule has 0 fully saturated rings. The summed E-state index contributed by atoms with van der Waals surface area (Å²) in [6, 6.07) is 7.47. The number of aromatic nitrogens is 1. The van der Waals surface area contributed by atoms with E-state index in [0.29, 0.717) is 6.04 Å². The first-order chi connectivity index (χ1) is 7.58. The molecule has 0 spiro atoms. The lowest BCUT2D eigenvalue weighted by Crippen LogP contribution is -1.95. The van der Waals surface area contributed by atoms with Crippen molar-refractivity contribution in [1.82, 2.24) is 4.57 Å². The third-order valence-electron chi connectivity index (χ3n) is 2.65. The van der Waals surface area contributed by atoms with Crippen molar-refractivity contribution in [2.75, 3.05) is 5.73 Å². The van der Waals surface area contributed by atoms with Crippen molar-refractivity contribution in [3.05, 3.63) is 36.7 Å². The molecule has 84 valence electrons. The molecule has 2 aromatic rings. The monoisotopic (exact) mass is 216 g/mol. The Hall–Kier alpha value is -1.90. The minimum absolute atomic E-state index is 0.269. The van der Waals surface area contributed by atoms with Gasteiger partial charge in [0.1, 0.15) is 5.75 Å². The third-order valence-corrected chi connectivity index (χ3v) is 2.65. The topological polar surface area (TPSA) is 51.2 Å². The minimum Gasteiger partial charge on any atom is -0.508 e. The maximum atomic E-state index is 9.23. The molecule has 1 heterocycles. The number of hydrogen-bond acceptors (Lipinski definition) is 2. The van der Waals surface area contributed by atoms with Crippen LogP contribution in [0, 0.1) is 0 Å². The van der Waals surface area contributed by atoms with E-state index in [0.717, 1.165) is 16.8 Å². The van der Waals surface area contributed by atoms with Crippen LogP contribution in [-0.2, 0) is 0 Å². The Morgan fingerprint density at radius 3 is 2.25 bits per heavy atom. The van der Waals surface area contributed by atoms with Gasteiger partial charge < -0.3 is 15.4 Å². The lowest BCUT2D eigenvalue weighted by Gasteiger charge is -2.05. The smallest absolute Gasteiger partial charge is 0.115 e. The summed E-state index contributed by atoms with van der Waals surface area (Å²) in [7, 11) is 0. The number of phenols is 1. The number of rotatable bonds is 2. The van der Waals surface area contributed by atoms with E-state index in [2.05, 4.69) is 18.4 Å². The molecule has 3 N–H and O–H groups in total. The molecule has 0 amide bonds. The summed E-state index contributed by atoms with van der Waals surface area (Å²) in [5.41, 5.74) is 8.76. The Morgan fingerprint density at radius 1 is 1.12 bits per heavy atom. The summed E-state index contributed by atoms with van der Waals surface area (Å²) in [5, 5.41) is 9.23. The Balaban J connectivity index is 2.44. The zero-order valence-electron chi connectivity index (χ0n) is 9.51. The molecule has 0 atom stereocenters. The van der Waals surface area contributed by atoms with Crippen molar-refractivity contribution in [1.29, 1.82) is 0 Å². The molecular weight excluding hydrogens is 200 g/mol. The highest BCUT2D eigenvalue weighted by Crippen LogP contribution is 2.29. The van der Waals surface area contributed by atoms with Crippen LogP contribution in [0.25, 0.3) is 11.1 Å². The minimum atomic E-state index is 0.269. The average Bonchev–Trinajstić information content (AvgIpc) is 2.62. The van der Waals surface area contributed by atoms with Crippen LogP contribution in [0.5, 0.6) is 5.75 Å². The first-order valence-electron chi connectivity index (χ1n) is 5.34. The van der Waals surface area contributed by atoms with Crippen molar-refractivity contribution < 1.29 is 5.11 Å². The van der Waals surface area contributed by atoms with Gasteiger partial charge in [0.15, 0.2) is 0 Å². The number of nitrogen functional groups attached to an aromatic ring is 1.